The molecule has 1 aromatic carbocycles. The number of anilines is 1. The van der Waals surface area contributed by atoms with Gasteiger partial charge in [-0.2, -0.15) is 10.1 Å². The molecule has 1 aliphatic heterocycles. The maximum Gasteiger partial charge on any atom is 0.573 e. The summed E-state index contributed by atoms with van der Waals surface area (Å²) in [5, 5.41) is 7.01. The lowest BCUT2D eigenvalue weighted by Crippen LogP contribution is -2.44. The first-order valence-corrected chi connectivity index (χ1v) is 10.9. The molecule has 1 aliphatic rings. The molecule has 36 heavy (non-hydrogen) atoms. The van der Waals surface area contributed by atoms with Gasteiger partial charge in [-0.25, -0.2) is 9.50 Å². The lowest BCUT2D eigenvalue weighted by atomic mass is 9.90. The van der Waals surface area contributed by atoms with Crippen molar-refractivity contribution in [2.75, 3.05) is 25.1 Å². The number of nitrogens with one attached hydrogen (secondary N) is 1. The maximum absolute atomic E-state index is 13.0. The molecule has 5 rings (SSSR count). The monoisotopic (exact) mass is 499 g/mol. The van der Waals surface area contributed by atoms with Gasteiger partial charge < -0.3 is 19.5 Å². The molecule has 4 heterocycles. The fourth-order valence-corrected chi connectivity index (χ4v) is 3.59. The highest BCUT2D eigenvalue weighted by Gasteiger charge is 2.34. The van der Waals surface area contributed by atoms with E-state index in [2.05, 4.69) is 25.1 Å². The predicted molar refractivity (Wildman–Crippen MR) is 122 cm³/mol. The molecular weight excluding hydrogens is 479 g/mol. The smallest absolute Gasteiger partial charge is 0.477 e. The number of carbonyl (C=O) groups is 1. The molecule has 0 aliphatic carbocycles. The Hall–Kier alpha value is -4.19. The summed E-state index contributed by atoms with van der Waals surface area (Å²) in [6.45, 7) is 3.69. The minimum Gasteiger partial charge on any atom is -0.477 e. The number of imidazole rings is 1. The van der Waals surface area contributed by atoms with Crippen LogP contribution in [0.2, 0.25) is 0 Å². The van der Waals surface area contributed by atoms with E-state index in [1.807, 2.05) is 6.92 Å². The fraction of sp³-hybridized carbons (Fsp3) is 0.250. The molecule has 9 nitrogen and oxygen atoms in total. The van der Waals surface area contributed by atoms with Gasteiger partial charge in [-0.3, -0.25) is 4.79 Å². The van der Waals surface area contributed by atoms with Gasteiger partial charge in [0.15, 0.2) is 11.3 Å². The van der Waals surface area contributed by atoms with Crippen LogP contribution in [0.5, 0.6) is 11.6 Å². The lowest BCUT2D eigenvalue weighted by molar-refractivity contribution is -0.274. The summed E-state index contributed by atoms with van der Waals surface area (Å²) in [6, 6.07) is 13.6. The van der Waals surface area contributed by atoms with Crippen LogP contribution in [0.15, 0.2) is 60.8 Å². The van der Waals surface area contributed by atoms with Gasteiger partial charge in [0.25, 0.3) is 5.91 Å². The Balaban J connectivity index is 1.38. The number of pyridine rings is 1. The van der Waals surface area contributed by atoms with Gasteiger partial charge in [0.05, 0.1) is 31.7 Å². The lowest BCUT2D eigenvalue weighted by Gasteiger charge is -2.37. The van der Waals surface area contributed by atoms with E-state index in [4.69, 9.17) is 9.47 Å². The Morgan fingerprint density at radius 3 is 2.69 bits per heavy atom. The van der Waals surface area contributed by atoms with E-state index < -0.39 is 18.0 Å². The van der Waals surface area contributed by atoms with Crippen LogP contribution in [0.1, 0.15) is 17.4 Å². The molecule has 0 saturated carbocycles. The minimum atomic E-state index is -4.87. The molecular formula is C24H20F3N5O4. The Morgan fingerprint density at radius 1 is 1.14 bits per heavy atom. The molecule has 3 aromatic heterocycles. The van der Waals surface area contributed by atoms with Crippen molar-refractivity contribution in [3.05, 3.63) is 66.5 Å². The standard InChI is InChI=1S/C24H20F3N5O4/c1-23(12-34-13-23)14-35-21-8-4-7-19(29-21)30-22(33)17-11-28-20-10-9-16(31-32(17)20)15-5-2-3-6-18(15)36-24(25,26)27/h2-11H,12-14H2,1H3,(H,29,30,33). The van der Waals surface area contributed by atoms with E-state index >= 15 is 0 Å². The number of alkyl halides is 3. The van der Waals surface area contributed by atoms with Crippen LogP contribution in [0.4, 0.5) is 19.0 Å². The van der Waals surface area contributed by atoms with E-state index in [1.165, 1.54) is 35.0 Å². The number of ether oxygens (including phenoxy) is 3. The summed E-state index contributed by atoms with van der Waals surface area (Å²) < 4.78 is 54.9. The van der Waals surface area contributed by atoms with Gasteiger partial charge in [0.1, 0.15) is 11.6 Å². The van der Waals surface area contributed by atoms with Crippen LogP contribution in [0.25, 0.3) is 16.9 Å². The Labute approximate surface area is 202 Å². The molecule has 0 unspecified atom stereocenters. The molecule has 1 saturated heterocycles. The van der Waals surface area contributed by atoms with Crippen molar-refractivity contribution in [1.29, 1.82) is 0 Å². The second kappa shape index (κ2) is 9.11. The van der Waals surface area contributed by atoms with Crippen LogP contribution in [0.3, 0.4) is 0 Å². The third kappa shape index (κ3) is 5.08. The highest BCUT2D eigenvalue weighted by Crippen LogP contribution is 2.33. The Bertz CT molecular complexity index is 1420. The van der Waals surface area contributed by atoms with Crippen LogP contribution in [-0.4, -0.2) is 51.7 Å². The number of halogens is 3. The maximum atomic E-state index is 13.0. The molecule has 186 valence electrons. The average Bonchev–Trinajstić information content (AvgIpc) is 3.25. The first-order valence-electron chi connectivity index (χ1n) is 10.9. The summed E-state index contributed by atoms with van der Waals surface area (Å²) in [4.78, 5) is 21.5. The van der Waals surface area contributed by atoms with E-state index in [9.17, 15) is 18.0 Å². The van der Waals surface area contributed by atoms with Crippen molar-refractivity contribution in [3.8, 4) is 22.9 Å². The van der Waals surface area contributed by atoms with Gasteiger partial charge >= 0.3 is 6.36 Å². The normalized spacial score (nSPS) is 14.8. The van der Waals surface area contributed by atoms with Gasteiger partial charge in [-0.05, 0) is 30.3 Å². The first kappa shape index (κ1) is 23.5. The van der Waals surface area contributed by atoms with Gasteiger partial charge in [-0.1, -0.05) is 25.1 Å². The van der Waals surface area contributed by atoms with Gasteiger partial charge in [0, 0.05) is 17.0 Å². The molecule has 0 bridgehead atoms. The number of hydrogen-bond acceptors (Lipinski definition) is 7. The summed E-state index contributed by atoms with van der Waals surface area (Å²) in [5.41, 5.74) is 0.600. The summed E-state index contributed by atoms with van der Waals surface area (Å²) in [5.74, 6) is -0.370. The Kier molecular flexibility index (Phi) is 5.96. The number of carbonyl (C=O) groups excluding carboxylic acids is 1. The largest absolute Gasteiger partial charge is 0.573 e. The number of amides is 1. The number of aromatic nitrogens is 4. The molecule has 0 radical (unpaired) electrons. The predicted octanol–water partition coefficient (Wildman–Crippen LogP) is 4.36. The molecule has 1 amide bonds. The third-order valence-electron chi connectivity index (χ3n) is 5.42. The highest BCUT2D eigenvalue weighted by atomic mass is 19.4. The van der Waals surface area contributed by atoms with Crippen molar-refractivity contribution < 1.29 is 32.2 Å². The van der Waals surface area contributed by atoms with Crippen LogP contribution in [0, 0.1) is 5.41 Å². The summed E-state index contributed by atoms with van der Waals surface area (Å²) >= 11 is 0. The van der Waals surface area contributed by atoms with E-state index in [0.717, 1.165) is 0 Å². The SMILES string of the molecule is CC1(COc2cccc(NC(=O)c3cnc4ccc(-c5ccccc5OC(F)(F)F)nn34)n2)COC1. The molecule has 1 fully saturated rings. The first-order chi connectivity index (χ1) is 17.2. The number of rotatable bonds is 7. The number of hydrogen-bond donors (Lipinski definition) is 1. The topological polar surface area (TPSA) is 99.9 Å². The van der Waals surface area contributed by atoms with Crippen LogP contribution < -0.4 is 14.8 Å². The van der Waals surface area contributed by atoms with E-state index in [0.29, 0.717) is 31.3 Å². The molecule has 0 spiro atoms. The van der Waals surface area contributed by atoms with Crippen LogP contribution >= 0.6 is 0 Å². The number of nitrogens with zero attached hydrogens (tertiary/aromatic N) is 4. The quantitative estimate of drug-likeness (QED) is 0.403. The second-order valence-corrected chi connectivity index (χ2v) is 8.58. The van der Waals surface area contributed by atoms with E-state index in [-0.39, 0.29) is 28.2 Å². The third-order valence-corrected chi connectivity index (χ3v) is 5.42. The van der Waals surface area contributed by atoms with Crippen LogP contribution in [-0.2, 0) is 4.74 Å². The van der Waals surface area contributed by atoms with Crippen molar-refractivity contribution in [3.63, 3.8) is 0 Å². The second-order valence-electron chi connectivity index (χ2n) is 8.58. The number of benzene rings is 1. The molecule has 1 N–H and O–H groups in total. The zero-order valence-electron chi connectivity index (χ0n) is 19.0. The average molecular weight is 499 g/mol. The minimum absolute atomic E-state index is 0.0633. The summed E-state index contributed by atoms with van der Waals surface area (Å²) in [7, 11) is 0. The highest BCUT2D eigenvalue weighted by molar-refractivity contribution is 6.02. The van der Waals surface area contributed by atoms with Crippen molar-refractivity contribution in [2.45, 2.75) is 13.3 Å². The molecule has 0 atom stereocenters. The fourth-order valence-electron chi connectivity index (χ4n) is 3.59. The zero-order valence-corrected chi connectivity index (χ0v) is 19.0. The van der Waals surface area contributed by atoms with Crippen molar-refractivity contribution in [2.24, 2.45) is 5.41 Å². The summed E-state index contributed by atoms with van der Waals surface area (Å²) in [6.07, 6.45) is -3.55. The Morgan fingerprint density at radius 2 is 1.94 bits per heavy atom. The van der Waals surface area contributed by atoms with Gasteiger partial charge in [0.2, 0.25) is 5.88 Å². The van der Waals surface area contributed by atoms with Gasteiger partial charge in [-0.15, -0.1) is 13.2 Å². The van der Waals surface area contributed by atoms with Crippen molar-refractivity contribution in [1.82, 2.24) is 19.6 Å². The van der Waals surface area contributed by atoms with Crippen molar-refractivity contribution >= 4 is 17.4 Å². The number of fused-ring (bicyclic) bond motifs is 1. The van der Waals surface area contributed by atoms with E-state index in [1.54, 1.807) is 30.3 Å². The molecule has 4 aromatic rings. The number of para-hydroxylation sites is 1. The zero-order chi connectivity index (χ0) is 25.3. The molecule has 12 heteroatoms.